The van der Waals surface area contributed by atoms with Crippen LogP contribution in [-0.4, -0.2) is 50.2 Å². The van der Waals surface area contributed by atoms with Crippen molar-refractivity contribution in [3.05, 3.63) is 58.6 Å². The number of carbonyl (C=O) groups is 1. The number of aromatic nitrogens is 4. The van der Waals surface area contributed by atoms with Gasteiger partial charge in [-0.3, -0.25) is 14.9 Å². The lowest BCUT2D eigenvalue weighted by Gasteiger charge is -2.32. The summed E-state index contributed by atoms with van der Waals surface area (Å²) in [4.78, 5) is 30.6. The maximum Gasteiger partial charge on any atom is 0.310 e. The first-order chi connectivity index (χ1) is 16.1. The van der Waals surface area contributed by atoms with Crippen molar-refractivity contribution in [2.24, 2.45) is 5.92 Å². The molecular formula is C23H22N6O4. The van der Waals surface area contributed by atoms with E-state index in [9.17, 15) is 14.9 Å². The molecule has 1 fully saturated rings. The van der Waals surface area contributed by atoms with Gasteiger partial charge in [-0.05, 0) is 38.0 Å². The van der Waals surface area contributed by atoms with E-state index in [2.05, 4.69) is 10.2 Å². The molecule has 10 nitrogen and oxygen atoms in total. The molecule has 1 saturated heterocycles. The maximum atomic E-state index is 12.4. The molecule has 4 aromatic rings. The van der Waals surface area contributed by atoms with Crippen molar-refractivity contribution < 1.29 is 14.5 Å². The first kappa shape index (κ1) is 20.8. The second-order valence-corrected chi connectivity index (χ2v) is 7.92. The first-order valence-corrected chi connectivity index (χ1v) is 10.9. The summed E-state index contributed by atoms with van der Waals surface area (Å²) in [5, 5.41) is 21.2. The number of nitro benzene ring substituents is 1. The van der Waals surface area contributed by atoms with Gasteiger partial charge in [-0.2, -0.15) is 0 Å². The third-order valence-electron chi connectivity index (χ3n) is 5.89. The fourth-order valence-corrected chi connectivity index (χ4v) is 4.39. The summed E-state index contributed by atoms with van der Waals surface area (Å²) in [6.45, 7) is 3.25. The average molecular weight is 446 g/mol. The predicted molar refractivity (Wildman–Crippen MR) is 122 cm³/mol. The third-order valence-corrected chi connectivity index (χ3v) is 5.89. The smallest absolute Gasteiger partial charge is 0.310 e. The predicted octanol–water partition coefficient (Wildman–Crippen LogP) is 3.63. The monoisotopic (exact) mass is 446 g/mol. The molecule has 33 heavy (non-hydrogen) atoms. The fourth-order valence-electron chi connectivity index (χ4n) is 4.39. The van der Waals surface area contributed by atoms with Crippen LogP contribution in [0.2, 0.25) is 0 Å². The van der Waals surface area contributed by atoms with Crippen molar-refractivity contribution in [2.45, 2.75) is 19.8 Å². The van der Waals surface area contributed by atoms with Gasteiger partial charge in [0, 0.05) is 24.5 Å². The Balaban J connectivity index is 1.72. The zero-order valence-corrected chi connectivity index (χ0v) is 18.0. The molecule has 5 rings (SSSR count). The number of carbonyl (C=O) groups excluding carboxylic acids is 1. The summed E-state index contributed by atoms with van der Waals surface area (Å²) in [7, 11) is 0. The first-order valence-electron chi connectivity index (χ1n) is 10.9. The number of piperidine rings is 1. The average Bonchev–Trinajstić information content (AvgIpc) is 3.29. The summed E-state index contributed by atoms with van der Waals surface area (Å²) >= 11 is 0. The minimum absolute atomic E-state index is 0.0612. The van der Waals surface area contributed by atoms with Crippen LogP contribution in [0.25, 0.3) is 27.9 Å². The fraction of sp³-hybridized carbons (Fsp3) is 0.304. The van der Waals surface area contributed by atoms with Crippen LogP contribution in [0.15, 0.2) is 48.5 Å². The van der Waals surface area contributed by atoms with Crippen molar-refractivity contribution in [3.63, 3.8) is 0 Å². The SMILES string of the molecule is CCOC(=O)[C@@H]1CCCN(c2nc3ccccc3c3nnc(-c4ccccc4[N+](=O)[O-])n23)C1. The number of nitro groups is 1. The number of benzene rings is 2. The number of ether oxygens (including phenoxy) is 1. The lowest BCUT2D eigenvalue weighted by Crippen LogP contribution is -2.40. The van der Waals surface area contributed by atoms with Gasteiger partial charge in [0.05, 0.1) is 28.5 Å². The van der Waals surface area contributed by atoms with Crippen LogP contribution >= 0.6 is 0 Å². The number of para-hydroxylation sites is 2. The highest BCUT2D eigenvalue weighted by Crippen LogP contribution is 2.34. The zero-order chi connectivity index (χ0) is 22.9. The molecule has 1 atom stereocenters. The minimum atomic E-state index is -0.428. The Morgan fingerprint density at radius 1 is 1.18 bits per heavy atom. The van der Waals surface area contributed by atoms with Crippen LogP contribution in [0.4, 0.5) is 11.6 Å². The molecule has 3 heterocycles. The largest absolute Gasteiger partial charge is 0.466 e. The van der Waals surface area contributed by atoms with Gasteiger partial charge in [0.1, 0.15) is 0 Å². The van der Waals surface area contributed by atoms with Gasteiger partial charge in [-0.25, -0.2) is 9.38 Å². The lowest BCUT2D eigenvalue weighted by molar-refractivity contribution is -0.384. The number of fused-ring (bicyclic) bond motifs is 3. The molecule has 168 valence electrons. The van der Waals surface area contributed by atoms with Gasteiger partial charge >= 0.3 is 5.97 Å². The third kappa shape index (κ3) is 3.63. The minimum Gasteiger partial charge on any atom is -0.466 e. The van der Waals surface area contributed by atoms with Crippen LogP contribution in [0, 0.1) is 16.0 Å². The molecule has 0 radical (unpaired) electrons. The molecule has 1 aliphatic rings. The van der Waals surface area contributed by atoms with Gasteiger partial charge in [-0.15, -0.1) is 10.2 Å². The van der Waals surface area contributed by atoms with E-state index in [0.717, 1.165) is 23.7 Å². The van der Waals surface area contributed by atoms with E-state index >= 15 is 0 Å². The van der Waals surface area contributed by atoms with E-state index in [-0.39, 0.29) is 17.6 Å². The van der Waals surface area contributed by atoms with E-state index in [1.54, 1.807) is 29.5 Å². The molecule has 10 heteroatoms. The Kier molecular flexibility index (Phi) is 5.33. The van der Waals surface area contributed by atoms with Crippen molar-refractivity contribution in [3.8, 4) is 11.4 Å². The van der Waals surface area contributed by atoms with E-state index in [0.29, 0.717) is 42.7 Å². The van der Waals surface area contributed by atoms with E-state index < -0.39 is 4.92 Å². The molecule has 0 amide bonds. The highest BCUT2D eigenvalue weighted by molar-refractivity contribution is 5.93. The summed E-state index contributed by atoms with van der Waals surface area (Å²) < 4.78 is 7.01. The van der Waals surface area contributed by atoms with Crippen LogP contribution in [-0.2, 0) is 9.53 Å². The van der Waals surface area contributed by atoms with Gasteiger partial charge < -0.3 is 9.64 Å². The Labute approximate surface area is 189 Å². The van der Waals surface area contributed by atoms with Crippen molar-refractivity contribution in [1.29, 1.82) is 0 Å². The Morgan fingerprint density at radius 2 is 1.97 bits per heavy atom. The zero-order valence-electron chi connectivity index (χ0n) is 18.0. The highest BCUT2D eigenvalue weighted by Gasteiger charge is 2.31. The number of anilines is 1. The molecule has 0 bridgehead atoms. The molecule has 1 aliphatic heterocycles. The van der Waals surface area contributed by atoms with Crippen LogP contribution in [0.1, 0.15) is 19.8 Å². The molecule has 0 aliphatic carbocycles. The summed E-state index contributed by atoms with van der Waals surface area (Å²) in [6.07, 6.45) is 1.54. The van der Waals surface area contributed by atoms with Crippen LogP contribution < -0.4 is 4.90 Å². The molecular weight excluding hydrogens is 424 g/mol. The number of esters is 1. The molecule has 0 saturated carbocycles. The lowest BCUT2D eigenvalue weighted by atomic mass is 9.98. The highest BCUT2D eigenvalue weighted by atomic mass is 16.6. The molecule has 2 aromatic heterocycles. The number of hydrogen-bond donors (Lipinski definition) is 0. The van der Waals surface area contributed by atoms with Crippen molar-refractivity contribution >= 4 is 34.2 Å². The number of nitrogens with zero attached hydrogens (tertiary/aromatic N) is 6. The second-order valence-electron chi connectivity index (χ2n) is 7.92. The van der Waals surface area contributed by atoms with Gasteiger partial charge in [0.2, 0.25) is 5.95 Å². The van der Waals surface area contributed by atoms with Crippen LogP contribution in [0.5, 0.6) is 0 Å². The molecule has 0 spiro atoms. The van der Waals surface area contributed by atoms with Gasteiger partial charge in [-0.1, -0.05) is 24.3 Å². The number of rotatable bonds is 5. The maximum absolute atomic E-state index is 12.4. The topological polar surface area (TPSA) is 116 Å². The quantitative estimate of drug-likeness (QED) is 0.259. The Morgan fingerprint density at radius 3 is 2.79 bits per heavy atom. The van der Waals surface area contributed by atoms with E-state index in [4.69, 9.17) is 9.72 Å². The normalized spacial score (nSPS) is 16.3. The second kappa shape index (κ2) is 8.45. The molecule has 0 unspecified atom stereocenters. The Hall–Kier alpha value is -4.08. The van der Waals surface area contributed by atoms with Gasteiger partial charge in [0.15, 0.2) is 11.5 Å². The summed E-state index contributed by atoms with van der Waals surface area (Å²) in [5.74, 6) is 0.398. The molecule has 0 N–H and O–H groups in total. The Bertz CT molecular complexity index is 1370. The van der Waals surface area contributed by atoms with E-state index in [1.165, 1.54) is 6.07 Å². The number of hydrogen-bond acceptors (Lipinski definition) is 8. The van der Waals surface area contributed by atoms with Crippen molar-refractivity contribution in [2.75, 3.05) is 24.6 Å². The van der Waals surface area contributed by atoms with E-state index in [1.807, 2.05) is 29.2 Å². The van der Waals surface area contributed by atoms with Crippen LogP contribution in [0.3, 0.4) is 0 Å². The molecule has 2 aromatic carbocycles. The van der Waals surface area contributed by atoms with Gasteiger partial charge in [0.25, 0.3) is 5.69 Å². The summed E-state index contributed by atoms with van der Waals surface area (Å²) in [6, 6.07) is 14.0. The standard InChI is InChI=1S/C23H22N6O4/c1-2-33-22(30)15-8-7-13-27(14-15)23-24-18-11-5-3-9-16(18)20-25-26-21(28(20)23)17-10-4-6-12-19(17)29(31)32/h3-6,9-12,15H,2,7-8,13-14H2,1H3/t15-/m1/s1. The van der Waals surface area contributed by atoms with Crippen molar-refractivity contribution in [1.82, 2.24) is 19.6 Å². The summed E-state index contributed by atoms with van der Waals surface area (Å²) in [5.41, 5.74) is 1.59.